The maximum absolute atomic E-state index is 12.6. The lowest BCUT2D eigenvalue weighted by Crippen LogP contribution is -2.28. The number of carbonyl (C=O) groups is 1. The van der Waals surface area contributed by atoms with Crippen molar-refractivity contribution in [3.05, 3.63) is 97.2 Å². The Balaban J connectivity index is 4.06. The summed E-state index contributed by atoms with van der Waals surface area (Å²) in [7, 11) is -4.30. The summed E-state index contributed by atoms with van der Waals surface area (Å²) in [6.07, 6.45) is 65.7. The number of phosphoric acid groups is 1. The summed E-state index contributed by atoms with van der Waals surface area (Å²) in [5.41, 5.74) is 5.38. The van der Waals surface area contributed by atoms with E-state index in [1.807, 2.05) is 0 Å². The predicted octanol–water partition coefficient (Wildman–Crippen LogP) is 15.4. The molecule has 0 bridgehead atoms. The molecule has 0 aliphatic heterocycles. The Morgan fingerprint density at radius 2 is 0.903 bits per heavy atom. The second kappa shape index (κ2) is 49.4. The molecule has 0 aliphatic carbocycles. The highest BCUT2D eigenvalue weighted by Crippen LogP contribution is 2.43. The summed E-state index contributed by atoms with van der Waals surface area (Å²) in [4.78, 5) is 22.6. The Labute approximate surface area is 380 Å². The molecule has 0 spiro atoms. The van der Waals surface area contributed by atoms with Gasteiger partial charge < -0.3 is 20.1 Å². The van der Waals surface area contributed by atoms with Gasteiger partial charge in [-0.15, -0.1) is 0 Å². The molecule has 0 saturated carbocycles. The highest BCUT2D eigenvalue weighted by molar-refractivity contribution is 7.47. The standard InChI is InChI=1S/C53H92NO7P/c1-3-5-7-9-11-13-15-17-19-21-23-25-26-27-28-30-32-34-36-38-40-42-44-46-53(55)61-52(51-60-62(56,57)59-49-47-54)50-58-48-45-43-41-39-37-35-33-31-29-24-22-20-18-16-14-12-10-8-6-4-2/h5,7,11-14,17-20,23,25,27-28,32,34,52H,3-4,6,8-10,15-16,21-22,24,26,29-31,33,35-51,54H2,1-2H3,(H,56,57)/b7-5-,13-11-,14-12-,19-17-,20-18-,25-23-,28-27-,34-32-. The van der Waals surface area contributed by atoms with Crippen molar-refractivity contribution < 1.29 is 32.8 Å². The van der Waals surface area contributed by atoms with Gasteiger partial charge in [-0.25, -0.2) is 4.57 Å². The number of hydrogen-bond acceptors (Lipinski definition) is 7. The molecule has 356 valence electrons. The van der Waals surface area contributed by atoms with Crippen LogP contribution in [0.25, 0.3) is 0 Å². The smallest absolute Gasteiger partial charge is 0.457 e. The topological polar surface area (TPSA) is 117 Å². The second-order valence-corrected chi connectivity index (χ2v) is 17.4. The average molecular weight is 886 g/mol. The molecule has 0 aliphatic rings. The summed E-state index contributed by atoms with van der Waals surface area (Å²) in [5, 5.41) is 0. The molecule has 0 rings (SSSR count). The van der Waals surface area contributed by atoms with Crippen LogP contribution in [0.15, 0.2) is 97.2 Å². The number of nitrogens with two attached hydrogens (primary N) is 1. The third-order valence-corrected chi connectivity index (χ3v) is 11.0. The third-order valence-electron chi connectivity index (χ3n) is 9.99. The van der Waals surface area contributed by atoms with Crippen molar-refractivity contribution in [2.75, 3.05) is 33.0 Å². The van der Waals surface area contributed by atoms with Crippen molar-refractivity contribution in [3.8, 4) is 0 Å². The molecule has 62 heavy (non-hydrogen) atoms. The Morgan fingerprint density at radius 1 is 0.500 bits per heavy atom. The number of unbranched alkanes of at least 4 members (excludes halogenated alkanes) is 17. The van der Waals surface area contributed by atoms with Crippen molar-refractivity contribution in [1.29, 1.82) is 0 Å². The molecule has 0 aromatic rings. The van der Waals surface area contributed by atoms with Crippen LogP contribution in [-0.4, -0.2) is 49.9 Å². The van der Waals surface area contributed by atoms with E-state index in [0.29, 0.717) is 6.61 Å². The molecule has 0 amide bonds. The summed E-state index contributed by atoms with van der Waals surface area (Å²) < 4.78 is 33.5. The largest absolute Gasteiger partial charge is 0.472 e. The lowest BCUT2D eigenvalue weighted by molar-refractivity contribution is -0.154. The fourth-order valence-electron chi connectivity index (χ4n) is 6.38. The van der Waals surface area contributed by atoms with E-state index in [1.54, 1.807) is 0 Å². The highest BCUT2D eigenvalue weighted by Gasteiger charge is 2.25. The van der Waals surface area contributed by atoms with Crippen LogP contribution in [0.1, 0.15) is 194 Å². The zero-order valence-corrected chi connectivity index (χ0v) is 40.5. The lowest BCUT2D eigenvalue weighted by atomic mass is 10.1. The predicted molar refractivity (Wildman–Crippen MR) is 265 cm³/mol. The number of phosphoric ester groups is 1. The molecule has 0 radical (unpaired) electrons. The van der Waals surface area contributed by atoms with Crippen LogP contribution in [0.3, 0.4) is 0 Å². The van der Waals surface area contributed by atoms with E-state index < -0.39 is 13.9 Å². The van der Waals surface area contributed by atoms with E-state index in [2.05, 4.69) is 111 Å². The molecule has 9 heteroatoms. The molecule has 0 fully saturated rings. The van der Waals surface area contributed by atoms with E-state index in [9.17, 15) is 14.3 Å². The van der Waals surface area contributed by atoms with Crippen LogP contribution in [0, 0.1) is 0 Å². The van der Waals surface area contributed by atoms with Gasteiger partial charge in [0.1, 0.15) is 6.10 Å². The van der Waals surface area contributed by atoms with Crippen molar-refractivity contribution in [1.82, 2.24) is 0 Å². The zero-order chi connectivity index (χ0) is 45.1. The molecular formula is C53H92NO7P. The highest BCUT2D eigenvalue weighted by atomic mass is 31.2. The SMILES string of the molecule is CC/C=C\C/C=C\C/C=C\C/C=C\C/C=C\C/C=C\CCCCCCC(=O)OC(COCCCCCCCCCCCC/C=C\C/C=C\CCCCC)COP(=O)(O)OCCN. The summed E-state index contributed by atoms with van der Waals surface area (Å²) in [5.74, 6) is -0.358. The minimum absolute atomic E-state index is 0.0900. The van der Waals surface area contributed by atoms with Crippen LogP contribution >= 0.6 is 7.82 Å². The van der Waals surface area contributed by atoms with Gasteiger partial charge in [0.2, 0.25) is 0 Å². The van der Waals surface area contributed by atoms with E-state index >= 15 is 0 Å². The summed E-state index contributed by atoms with van der Waals surface area (Å²) in [6, 6.07) is 0. The van der Waals surface area contributed by atoms with Gasteiger partial charge in [-0.1, -0.05) is 188 Å². The molecule has 2 atom stereocenters. The van der Waals surface area contributed by atoms with Crippen LogP contribution < -0.4 is 5.73 Å². The Kier molecular flexibility index (Phi) is 47.4. The van der Waals surface area contributed by atoms with Gasteiger partial charge >= 0.3 is 13.8 Å². The van der Waals surface area contributed by atoms with E-state index in [-0.39, 0.29) is 38.8 Å². The number of hydrogen-bond donors (Lipinski definition) is 2. The number of ether oxygens (including phenoxy) is 2. The first-order chi connectivity index (χ1) is 30.4. The molecule has 0 aromatic heterocycles. The first-order valence-corrected chi connectivity index (χ1v) is 26.2. The Hall–Kier alpha value is -2.58. The Bertz CT molecular complexity index is 1270. The number of rotatable bonds is 46. The van der Waals surface area contributed by atoms with Gasteiger partial charge in [-0.05, 0) is 96.3 Å². The first kappa shape index (κ1) is 59.4. The molecule has 2 unspecified atom stereocenters. The minimum atomic E-state index is -4.30. The van der Waals surface area contributed by atoms with E-state index in [4.69, 9.17) is 24.3 Å². The van der Waals surface area contributed by atoms with Gasteiger partial charge in [0.15, 0.2) is 0 Å². The first-order valence-electron chi connectivity index (χ1n) is 24.7. The Morgan fingerprint density at radius 3 is 1.35 bits per heavy atom. The maximum atomic E-state index is 12.6. The van der Waals surface area contributed by atoms with E-state index in [0.717, 1.165) is 89.9 Å². The van der Waals surface area contributed by atoms with Crippen molar-refractivity contribution in [3.63, 3.8) is 0 Å². The van der Waals surface area contributed by atoms with Gasteiger partial charge in [0.05, 0.1) is 19.8 Å². The quantitative estimate of drug-likeness (QED) is 0.0269. The van der Waals surface area contributed by atoms with Crippen LogP contribution in [0.2, 0.25) is 0 Å². The molecular weight excluding hydrogens is 794 g/mol. The molecule has 8 nitrogen and oxygen atoms in total. The van der Waals surface area contributed by atoms with Gasteiger partial charge in [0, 0.05) is 19.6 Å². The van der Waals surface area contributed by atoms with E-state index in [1.165, 1.54) is 83.5 Å². The minimum Gasteiger partial charge on any atom is -0.457 e. The fraction of sp³-hybridized carbons (Fsp3) is 0.679. The molecule has 3 N–H and O–H groups in total. The summed E-state index contributed by atoms with van der Waals surface area (Å²) >= 11 is 0. The third kappa shape index (κ3) is 48.5. The maximum Gasteiger partial charge on any atom is 0.472 e. The number of esters is 1. The molecule has 0 saturated heterocycles. The van der Waals surface area contributed by atoms with Gasteiger partial charge in [-0.2, -0.15) is 0 Å². The molecule has 0 heterocycles. The van der Waals surface area contributed by atoms with Crippen molar-refractivity contribution >= 4 is 13.8 Å². The average Bonchev–Trinajstić information content (AvgIpc) is 3.26. The van der Waals surface area contributed by atoms with Crippen LogP contribution in [-0.2, 0) is 27.9 Å². The zero-order valence-electron chi connectivity index (χ0n) is 39.6. The number of allylic oxidation sites excluding steroid dienone is 16. The normalized spacial score (nSPS) is 14.2. The fourth-order valence-corrected chi connectivity index (χ4v) is 7.15. The van der Waals surface area contributed by atoms with Crippen LogP contribution in [0.4, 0.5) is 0 Å². The van der Waals surface area contributed by atoms with Crippen LogP contribution in [0.5, 0.6) is 0 Å². The van der Waals surface area contributed by atoms with Crippen molar-refractivity contribution in [2.24, 2.45) is 5.73 Å². The monoisotopic (exact) mass is 886 g/mol. The second-order valence-electron chi connectivity index (χ2n) is 15.9. The van der Waals surface area contributed by atoms with Gasteiger partial charge in [0.25, 0.3) is 0 Å². The lowest BCUT2D eigenvalue weighted by Gasteiger charge is -2.20. The van der Waals surface area contributed by atoms with Gasteiger partial charge in [-0.3, -0.25) is 13.8 Å². The molecule has 0 aromatic carbocycles. The van der Waals surface area contributed by atoms with Crippen molar-refractivity contribution in [2.45, 2.75) is 200 Å². The number of carbonyl (C=O) groups excluding carboxylic acids is 1. The summed E-state index contributed by atoms with van der Waals surface area (Å²) in [6.45, 7) is 4.73.